The molecule has 0 spiro atoms. The third-order valence-electron chi connectivity index (χ3n) is 2.17. The van der Waals surface area contributed by atoms with Crippen molar-refractivity contribution in [3.63, 3.8) is 0 Å². The van der Waals surface area contributed by atoms with Gasteiger partial charge >= 0.3 is 6.18 Å². The Morgan fingerprint density at radius 3 is 2.19 bits per heavy atom. The molecule has 0 aromatic carbocycles. The summed E-state index contributed by atoms with van der Waals surface area (Å²) in [6.45, 7) is 3.68. The van der Waals surface area contributed by atoms with Crippen molar-refractivity contribution in [1.29, 1.82) is 0 Å². The number of carbonyl (C=O) groups is 1. The summed E-state index contributed by atoms with van der Waals surface area (Å²) >= 11 is 0. The normalized spacial score (nSPS) is 14.0. The summed E-state index contributed by atoms with van der Waals surface area (Å²) in [6.07, 6.45) is -3.31. The van der Waals surface area contributed by atoms with Crippen LogP contribution in [0.5, 0.6) is 0 Å². The number of carbonyl (C=O) groups excluding carboxylic acids is 1. The van der Waals surface area contributed by atoms with Gasteiger partial charge in [0.2, 0.25) is 5.91 Å². The maximum absolute atomic E-state index is 12.2. The maximum atomic E-state index is 12.2. The van der Waals surface area contributed by atoms with E-state index < -0.39 is 30.7 Å². The van der Waals surface area contributed by atoms with Gasteiger partial charge in [-0.1, -0.05) is 13.3 Å². The van der Waals surface area contributed by atoms with Crippen LogP contribution in [0.2, 0.25) is 0 Å². The fraction of sp³-hybridized carbons (Fsp3) is 0.900. The summed E-state index contributed by atoms with van der Waals surface area (Å²) in [5.41, 5.74) is 5.53. The SMILES string of the molecule is CCCC(N)C(=O)N(CC(F)(F)F)C(C)C. The van der Waals surface area contributed by atoms with E-state index in [9.17, 15) is 18.0 Å². The van der Waals surface area contributed by atoms with Crippen molar-refractivity contribution in [2.75, 3.05) is 6.54 Å². The molecule has 96 valence electrons. The van der Waals surface area contributed by atoms with Gasteiger partial charge in [-0.05, 0) is 20.3 Å². The summed E-state index contributed by atoms with van der Waals surface area (Å²) in [6, 6.07) is -1.34. The second-order valence-corrected chi connectivity index (χ2v) is 4.07. The van der Waals surface area contributed by atoms with E-state index in [1.807, 2.05) is 6.92 Å². The molecule has 0 fully saturated rings. The highest BCUT2D eigenvalue weighted by molar-refractivity contribution is 5.81. The van der Waals surface area contributed by atoms with Crippen molar-refractivity contribution >= 4 is 5.91 Å². The van der Waals surface area contributed by atoms with E-state index in [4.69, 9.17) is 5.73 Å². The number of halogens is 3. The van der Waals surface area contributed by atoms with Crippen molar-refractivity contribution in [1.82, 2.24) is 4.90 Å². The standard InChI is InChI=1S/C10H19F3N2O/c1-4-5-8(14)9(16)15(7(2)3)6-10(11,12)13/h7-8H,4-6,14H2,1-3H3. The largest absolute Gasteiger partial charge is 0.406 e. The fourth-order valence-corrected chi connectivity index (χ4v) is 1.36. The second-order valence-electron chi connectivity index (χ2n) is 4.07. The third kappa shape index (κ3) is 5.34. The van der Waals surface area contributed by atoms with E-state index in [-0.39, 0.29) is 0 Å². The molecule has 0 aromatic heterocycles. The lowest BCUT2D eigenvalue weighted by atomic mass is 10.1. The number of rotatable bonds is 5. The number of nitrogens with two attached hydrogens (primary N) is 1. The van der Waals surface area contributed by atoms with Crippen LogP contribution in [0.3, 0.4) is 0 Å². The predicted molar refractivity (Wildman–Crippen MR) is 55.8 cm³/mol. The molecule has 0 heterocycles. The van der Waals surface area contributed by atoms with Gasteiger partial charge in [0.15, 0.2) is 0 Å². The number of hydrogen-bond acceptors (Lipinski definition) is 2. The molecule has 0 radical (unpaired) electrons. The lowest BCUT2D eigenvalue weighted by molar-refractivity contribution is -0.165. The molecule has 3 nitrogen and oxygen atoms in total. The van der Waals surface area contributed by atoms with Crippen molar-refractivity contribution in [3.8, 4) is 0 Å². The van der Waals surface area contributed by atoms with Crippen molar-refractivity contribution in [2.45, 2.75) is 51.9 Å². The highest BCUT2D eigenvalue weighted by Crippen LogP contribution is 2.19. The minimum absolute atomic E-state index is 0.403. The monoisotopic (exact) mass is 240 g/mol. The van der Waals surface area contributed by atoms with Crippen LogP contribution >= 0.6 is 0 Å². The van der Waals surface area contributed by atoms with Gasteiger partial charge in [-0.15, -0.1) is 0 Å². The van der Waals surface area contributed by atoms with E-state index in [1.165, 1.54) is 0 Å². The minimum atomic E-state index is -4.38. The number of hydrogen-bond donors (Lipinski definition) is 1. The van der Waals surface area contributed by atoms with Crippen LogP contribution in [-0.4, -0.2) is 35.6 Å². The van der Waals surface area contributed by atoms with Crippen LogP contribution in [0.15, 0.2) is 0 Å². The van der Waals surface area contributed by atoms with E-state index in [2.05, 4.69) is 0 Å². The summed E-state index contributed by atoms with van der Waals surface area (Å²) < 4.78 is 36.7. The predicted octanol–water partition coefficient (Wildman–Crippen LogP) is 1.91. The molecule has 0 bridgehead atoms. The van der Waals surface area contributed by atoms with Gasteiger partial charge in [0, 0.05) is 6.04 Å². The van der Waals surface area contributed by atoms with Gasteiger partial charge in [0.25, 0.3) is 0 Å². The van der Waals surface area contributed by atoms with Gasteiger partial charge < -0.3 is 10.6 Å². The van der Waals surface area contributed by atoms with Crippen LogP contribution in [0, 0.1) is 0 Å². The molecular formula is C10H19F3N2O. The van der Waals surface area contributed by atoms with Crippen LogP contribution < -0.4 is 5.73 Å². The summed E-state index contributed by atoms with van der Waals surface area (Å²) in [5, 5.41) is 0. The van der Waals surface area contributed by atoms with E-state index in [1.54, 1.807) is 13.8 Å². The van der Waals surface area contributed by atoms with Gasteiger partial charge in [-0.3, -0.25) is 4.79 Å². The Bertz CT molecular complexity index is 229. The Balaban J connectivity index is 4.60. The van der Waals surface area contributed by atoms with E-state index >= 15 is 0 Å². The summed E-state index contributed by atoms with van der Waals surface area (Å²) in [4.78, 5) is 12.4. The van der Waals surface area contributed by atoms with E-state index in [0.717, 1.165) is 4.90 Å². The smallest absolute Gasteiger partial charge is 0.330 e. The van der Waals surface area contributed by atoms with Crippen molar-refractivity contribution in [2.24, 2.45) is 5.73 Å². The average molecular weight is 240 g/mol. The molecule has 0 rings (SSSR count). The molecule has 0 aromatic rings. The van der Waals surface area contributed by atoms with Gasteiger partial charge in [0.05, 0.1) is 6.04 Å². The Hall–Kier alpha value is -0.780. The fourth-order valence-electron chi connectivity index (χ4n) is 1.36. The Morgan fingerprint density at radius 2 is 1.88 bits per heavy atom. The van der Waals surface area contributed by atoms with Crippen LogP contribution in [-0.2, 0) is 4.79 Å². The molecule has 0 saturated heterocycles. The molecule has 0 aliphatic heterocycles. The molecule has 2 N–H and O–H groups in total. The number of alkyl halides is 3. The zero-order valence-corrected chi connectivity index (χ0v) is 9.84. The zero-order chi connectivity index (χ0) is 12.9. The van der Waals surface area contributed by atoms with E-state index in [0.29, 0.717) is 12.8 Å². The molecule has 6 heteroatoms. The highest BCUT2D eigenvalue weighted by atomic mass is 19.4. The van der Waals surface area contributed by atoms with Crippen LogP contribution in [0.1, 0.15) is 33.6 Å². The molecule has 1 unspecified atom stereocenters. The molecule has 0 aliphatic carbocycles. The molecule has 0 aliphatic rings. The van der Waals surface area contributed by atoms with Crippen molar-refractivity contribution in [3.05, 3.63) is 0 Å². The highest BCUT2D eigenvalue weighted by Gasteiger charge is 2.35. The first-order chi connectivity index (χ1) is 7.19. The molecule has 0 saturated carbocycles. The topological polar surface area (TPSA) is 46.3 Å². The summed E-state index contributed by atoms with van der Waals surface area (Å²) in [7, 11) is 0. The minimum Gasteiger partial charge on any atom is -0.330 e. The molecule has 1 atom stereocenters. The van der Waals surface area contributed by atoms with Gasteiger partial charge in [-0.2, -0.15) is 13.2 Å². The Kier molecular flexibility index (Phi) is 5.78. The average Bonchev–Trinajstić information content (AvgIpc) is 2.11. The quantitative estimate of drug-likeness (QED) is 0.798. The first kappa shape index (κ1) is 15.2. The molecule has 16 heavy (non-hydrogen) atoms. The Labute approximate surface area is 93.8 Å². The molecule has 1 amide bonds. The lowest BCUT2D eigenvalue weighted by Crippen LogP contribution is -2.50. The maximum Gasteiger partial charge on any atom is 0.406 e. The second kappa shape index (κ2) is 6.08. The molecular weight excluding hydrogens is 221 g/mol. The first-order valence-corrected chi connectivity index (χ1v) is 5.31. The van der Waals surface area contributed by atoms with Gasteiger partial charge in [0.1, 0.15) is 6.54 Å². The number of amides is 1. The van der Waals surface area contributed by atoms with Gasteiger partial charge in [-0.25, -0.2) is 0 Å². The summed E-state index contributed by atoms with van der Waals surface area (Å²) in [5.74, 6) is -0.630. The first-order valence-electron chi connectivity index (χ1n) is 5.31. The van der Waals surface area contributed by atoms with Crippen LogP contribution in [0.25, 0.3) is 0 Å². The third-order valence-corrected chi connectivity index (χ3v) is 2.17. The van der Waals surface area contributed by atoms with Crippen molar-refractivity contribution < 1.29 is 18.0 Å². The van der Waals surface area contributed by atoms with Crippen LogP contribution in [0.4, 0.5) is 13.2 Å². The Morgan fingerprint density at radius 1 is 1.38 bits per heavy atom. The number of nitrogens with zero attached hydrogens (tertiary/aromatic N) is 1. The lowest BCUT2D eigenvalue weighted by Gasteiger charge is -2.30. The zero-order valence-electron chi connectivity index (χ0n) is 9.84.